The van der Waals surface area contributed by atoms with Crippen molar-refractivity contribution in [3.05, 3.63) is 89.0 Å². The van der Waals surface area contributed by atoms with Crippen LogP contribution in [-0.4, -0.2) is 18.9 Å². The van der Waals surface area contributed by atoms with E-state index in [4.69, 9.17) is 9.15 Å². The lowest BCUT2D eigenvalue weighted by Gasteiger charge is -2.16. The summed E-state index contributed by atoms with van der Waals surface area (Å²) in [6, 6.07) is 16.0. The lowest BCUT2D eigenvalue weighted by atomic mass is 10.0. The summed E-state index contributed by atoms with van der Waals surface area (Å²) < 4.78 is 10.5. The second-order valence-electron chi connectivity index (χ2n) is 6.87. The third-order valence-electron chi connectivity index (χ3n) is 4.91. The van der Waals surface area contributed by atoms with Gasteiger partial charge in [0.15, 0.2) is 0 Å². The molecule has 0 saturated carbocycles. The van der Waals surface area contributed by atoms with Gasteiger partial charge in [0.1, 0.15) is 17.2 Å². The molecule has 31 heavy (non-hydrogen) atoms. The first-order valence-corrected chi connectivity index (χ1v) is 10.2. The third-order valence-corrected chi connectivity index (χ3v) is 4.91. The van der Waals surface area contributed by atoms with Crippen LogP contribution in [-0.2, 0) is 17.6 Å². The minimum absolute atomic E-state index is 0.0868. The zero-order valence-electron chi connectivity index (χ0n) is 17.9. The van der Waals surface area contributed by atoms with E-state index in [2.05, 4.69) is 10.6 Å². The van der Waals surface area contributed by atoms with Crippen molar-refractivity contribution in [2.24, 2.45) is 0 Å². The van der Waals surface area contributed by atoms with Crippen molar-refractivity contribution in [3.8, 4) is 5.75 Å². The monoisotopic (exact) mass is 418 g/mol. The number of anilines is 1. The van der Waals surface area contributed by atoms with Crippen molar-refractivity contribution >= 4 is 23.6 Å². The number of nitrogens with one attached hydrogen (secondary N) is 2. The fourth-order valence-electron chi connectivity index (χ4n) is 3.19. The van der Waals surface area contributed by atoms with Crippen LogP contribution in [0.25, 0.3) is 6.08 Å². The Bertz CT molecular complexity index is 1050. The Balaban J connectivity index is 1.89. The Morgan fingerprint density at radius 2 is 1.65 bits per heavy atom. The van der Waals surface area contributed by atoms with E-state index in [1.54, 1.807) is 43.5 Å². The summed E-state index contributed by atoms with van der Waals surface area (Å²) in [5.41, 5.74) is 3.34. The number of hydrogen-bond donors (Lipinski definition) is 2. The summed E-state index contributed by atoms with van der Waals surface area (Å²) in [6.45, 7) is 4.07. The molecule has 6 nitrogen and oxygen atoms in total. The van der Waals surface area contributed by atoms with Gasteiger partial charge in [-0.2, -0.15) is 0 Å². The molecule has 0 radical (unpaired) electrons. The molecule has 0 aliphatic rings. The van der Waals surface area contributed by atoms with Crippen LogP contribution < -0.4 is 15.4 Å². The number of ether oxygens (including phenoxy) is 1. The number of aryl methyl sites for hydroxylation is 2. The van der Waals surface area contributed by atoms with Crippen LogP contribution in [0.15, 0.2) is 71.0 Å². The molecule has 0 saturated heterocycles. The van der Waals surface area contributed by atoms with Gasteiger partial charge in [-0.05, 0) is 60.4 Å². The average molecular weight is 418 g/mol. The number of furan rings is 1. The number of hydrogen-bond acceptors (Lipinski definition) is 4. The molecule has 3 rings (SSSR count). The molecule has 1 aromatic heterocycles. The molecule has 0 aliphatic carbocycles. The summed E-state index contributed by atoms with van der Waals surface area (Å²) in [7, 11) is 1.56. The van der Waals surface area contributed by atoms with Crippen LogP contribution in [0.5, 0.6) is 5.75 Å². The van der Waals surface area contributed by atoms with Crippen LogP contribution in [0.3, 0.4) is 0 Å². The Morgan fingerprint density at radius 1 is 0.968 bits per heavy atom. The second kappa shape index (κ2) is 10.3. The predicted molar refractivity (Wildman–Crippen MR) is 121 cm³/mol. The van der Waals surface area contributed by atoms with Crippen LogP contribution in [0.2, 0.25) is 0 Å². The van der Waals surface area contributed by atoms with E-state index in [1.807, 2.05) is 32.0 Å². The largest absolute Gasteiger partial charge is 0.497 e. The highest BCUT2D eigenvalue weighted by atomic mass is 16.5. The van der Waals surface area contributed by atoms with Gasteiger partial charge in [0.05, 0.1) is 13.4 Å². The first kappa shape index (κ1) is 21.9. The molecular weight excluding hydrogens is 392 g/mol. The van der Waals surface area contributed by atoms with Crippen molar-refractivity contribution in [1.29, 1.82) is 0 Å². The normalized spacial score (nSPS) is 11.1. The smallest absolute Gasteiger partial charge is 0.272 e. The van der Waals surface area contributed by atoms with Gasteiger partial charge in [-0.3, -0.25) is 9.59 Å². The summed E-state index contributed by atoms with van der Waals surface area (Å²) in [5, 5.41) is 5.70. The molecule has 0 spiro atoms. The van der Waals surface area contributed by atoms with Crippen molar-refractivity contribution in [2.45, 2.75) is 26.7 Å². The molecule has 3 aromatic rings. The number of carbonyl (C=O) groups excluding carboxylic acids is 2. The van der Waals surface area contributed by atoms with Gasteiger partial charge in [-0.15, -0.1) is 0 Å². The molecule has 0 unspecified atom stereocenters. The molecule has 6 heteroatoms. The van der Waals surface area contributed by atoms with E-state index >= 15 is 0 Å². The molecule has 160 valence electrons. The quantitative estimate of drug-likeness (QED) is 0.514. The number of para-hydroxylation sites is 1. The number of amides is 2. The van der Waals surface area contributed by atoms with Crippen molar-refractivity contribution < 1.29 is 18.7 Å². The molecule has 0 aliphatic heterocycles. The molecule has 2 amide bonds. The number of methoxy groups -OCH3 is 1. The second-order valence-corrected chi connectivity index (χ2v) is 6.87. The molecule has 1 heterocycles. The Hall–Kier alpha value is -3.80. The highest BCUT2D eigenvalue weighted by Gasteiger charge is 2.18. The standard InChI is InChI=1S/C25H26N2O4/c1-4-17-8-6-9-18(5-2)23(17)27-25(29)22(16-21-10-7-15-31-21)26-24(28)19-11-13-20(30-3)14-12-19/h6-16H,4-5H2,1-3H3,(H,26,28)(H,27,29)/b22-16-. The van der Waals surface area contributed by atoms with Crippen LogP contribution in [0, 0.1) is 0 Å². The summed E-state index contributed by atoms with van der Waals surface area (Å²) >= 11 is 0. The van der Waals surface area contributed by atoms with Crippen LogP contribution >= 0.6 is 0 Å². The Labute approximate surface area is 181 Å². The minimum atomic E-state index is -0.422. The maximum atomic E-state index is 13.2. The van der Waals surface area contributed by atoms with E-state index in [-0.39, 0.29) is 5.70 Å². The zero-order valence-corrected chi connectivity index (χ0v) is 17.9. The molecule has 0 bridgehead atoms. The Morgan fingerprint density at radius 3 is 2.19 bits per heavy atom. The van der Waals surface area contributed by atoms with E-state index in [9.17, 15) is 9.59 Å². The van der Waals surface area contributed by atoms with Gasteiger partial charge < -0.3 is 19.8 Å². The average Bonchev–Trinajstić information content (AvgIpc) is 3.31. The highest BCUT2D eigenvalue weighted by molar-refractivity contribution is 6.11. The summed E-state index contributed by atoms with van der Waals surface area (Å²) in [4.78, 5) is 26.0. The van der Waals surface area contributed by atoms with Crippen molar-refractivity contribution in [1.82, 2.24) is 5.32 Å². The lowest BCUT2D eigenvalue weighted by molar-refractivity contribution is -0.113. The van der Waals surface area contributed by atoms with Crippen LogP contribution in [0.1, 0.15) is 41.1 Å². The van der Waals surface area contributed by atoms with Crippen molar-refractivity contribution in [2.75, 3.05) is 12.4 Å². The van der Waals surface area contributed by atoms with Gasteiger partial charge in [0.2, 0.25) is 0 Å². The first-order valence-electron chi connectivity index (χ1n) is 10.2. The highest BCUT2D eigenvalue weighted by Crippen LogP contribution is 2.23. The van der Waals surface area contributed by atoms with E-state index in [0.29, 0.717) is 17.1 Å². The third kappa shape index (κ3) is 5.42. The van der Waals surface area contributed by atoms with E-state index in [1.165, 1.54) is 12.3 Å². The fraction of sp³-hybridized carbons (Fsp3) is 0.200. The lowest BCUT2D eigenvalue weighted by Crippen LogP contribution is -2.31. The van der Waals surface area contributed by atoms with Gasteiger partial charge in [0, 0.05) is 17.3 Å². The number of carbonyl (C=O) groups is 2. The first-order chi connectivity index (χ1) is 15.0. The van der Waals surface area contributed by atoms with Gasteiger partial charge in [-0.25, -0.2) is 0 Å². The fourth-order valence-corrected chi connectivity index (χ4v) is 3.19. The molecule has 2 aromatic carbocycles. The molecule has 2 N–H and O–H groups in total. The zero-order chi connectivity index (χ0) is 22.2. The van der Waals surface area contributed by atoms with Gasteiger partial charge in [0.25, 0.3) is 11.8 Å². The summed E-state index contributed by atoms with van der Waals surface area (Å²) in [5.74, 6) is 0.271. The maximum absolute atomic E-state index is 13.2. The van der Waals surface area contributed by atoms with Gasteiger partial charge >= 0.3 is 0 Å². The predicted octanol–water partition coefficient (Wildman–Crippen LogP) is 4.82. The summed E-state index contributed by atoms with van der Waals surface area (Å²) in [6.07, 6.45) is 4.57. The van der Waals surface area contributed by atoms with Crippen LogP contribution in [0.4, 0.5) is 5.69 Å². The maximum Gasteiger partial charge on any atom is 0.272 e. The van der Waals surface area contributed by atoms with E-state index in [0.717, 1.165) is 29.7 Å². The topological polar surface area (TPSA) is 80.6 Å². The van der Waals surface area contributed by atoms with Gasteiger partial charge in [-0.1, -0.05) is 32.0 Å². The number of rotatable bonds is 8. The SMILES string of the molecule is CCc1cccc(CC)c1NC(=O)/C(=C/c1ccco1)NC(=O)c1ccc(OC)cc1. The molecular formula is C25H26N2O4. The van der Waals surface area contributed by atoms with Crippen molar-refractivity contribution in [3.63, 3.8) is 0 Å². The minimum Gasteiger partial charge on any atom is -0.497 e. The number of benzene rings is 2. The molecule has 0 atom stereocenters. The Kier molecular flexibility index (Phi) is 7.27. The molecule has 0 fully saturated rings. The van der Waals surface area contributed by atoms with E-state index < -0.39 is 11.8 Å².